The normalized spacial score (nSPS) is 10.4. The van der Waals surface area contributed by atoms with Gasteiger partial charge in [-0.15, -0.1) is 0 Å². The Balaban J connectivity index is 2.59. The van der Waals surface area contributed by atoms with Crippen molar-refractivity contribution < 1.29 is 24.3 Å². The zero-order chi connectivity index (χ0) is 14.2. The van der Waals surface area contributed by atoms with Gasteiger partial charge in [0.15, 0.2) is 11.6 Å². The number of nitrogens with zero attached hydrogens (tertiary/aromatic N) is 2. The summed E-state index contributed by atoms with van der Waals surface area (Å²) in [6.07, 6.45) is 0. The lowest BCUT2D eigenvalue weighted by molar-refractivity contribution is -0.385. The Bertz CT molecular complexity index is 682. The molecular weight excluding hydrogens is 261 g/mol. The zero-order valence-corrected chi connectivity index (χ0v) is 9.12. The molecule has 9 heteroatoms. The van der Waals surface area contributed by atoms with Gasteiger partial charge in [-0.05, 0) is 6.07 Å². The molecule has 8 nitrogen and oxygen atoms in total. The van der Waals surface area contributed by atoms with Crippen molar-refractivity contribution in [2.24, 2.45) is 0 Å². The summed E-state index contributed by atoms with van der Waals surface area (Å²) in [6, 6.07) is 2.49. The second-order valence-corrected chi connectivity index (χ2v) is 3.55. The van der Waals surface area contributed by atoms with Crippen LogP contribution in [0.2, 0.25) is 0 Å². The maximum absolute atomic E-state index is 13.3. The van der Waals surface area contributed by atoms with E-state index in [-0.39, 0.29) is 17.0 Å². The van der Waals surface area contributed by atoms with E-state index in [0.717, 1.165) is 12.1 Å². The van der Waals surface area contributed by atoms with Gasteiger partial charge in [-0.25, -0.2) is 9.18 Å². The molecule has 19 heavy (non-hydrogen) atoms. The van der Waals surface area contributed by atoms with Gasteiger partial charge >= 0.3 is 5.97 Å². The fourth-order valence-corrected chi connectivity index (χ4v) is 1.45. The van der Waals surface area contributed by atoms with Crippen LogP contribution in [0.1, 0.15) is 10.5 Å². The highest BCUT2D eigenvalue weighted by Crippen LogP contribution is 2.34. The van der Waals surface area contributed by atoms with Crippen LogP contribution < -0.4 is 0 Å². The summed E-state index contributed by atoms with van der Waals surface area (Å²) in [4.78, 5) is 20.4. The minimum absolute atomic E-state index is 0.113. The first-order chi connectivity index (χ1) is 8.90. The number of halogens is 1. The van der Waals surface area contributed by atoms with Gasteiger partial charge in [-0.2, -0.15) is 5.10 Å². The lowest BCUT2D eigenvalue weighted by Gasteiger charge is -2.02. The fraction of sp³-hybridized carbons (Fsp3) is 0. The molecule has 0 spiro atoms. The van der Waals surface area contributed by atoms with Crippen molar-refractivity contribution in [3.05, 3.63) is 39.8 Å². The number of aromatic nitrogens is 2. The number of aromatic hydroxyl groups is 1. The minimum Gasteiger partial charge on any atom is -0.504 e. The summed E-state index contributed by atoms with van der Waals surface area (Å²) in [6.45, 7) is 0. The van der Waals surface area contributed by atoms with Gasteiger partial charge in [-0.1, -0.05) is 0 Å². The van der Waals surface area contributed by atoms with Gasteiger partial charge in [0.2, 0.25) is 0 Å². The summed E-state index contributed by atoms with van der Waals surface area (Å²) in [5, 5.41) is 34.5. The number of nitro groups is 1. The molecule has 0 unspecified atom stereocenters. The van der Waals surface area contributed by atoms with E-state index in [2.05, 4.69) is 10.2 Å². The summed E-state index contributed by atoms with van der Waals surface area (Å²) >= 11 is 0. The van der Waals surface area contributed by atoms with Crippen LogP contribution >= 0.6 is 0 Å². The monoisotopic (exact) mass is 267 g/mol. The van der Waals surface area contributed by atoms with Crippen molar-refractivity contribution >= 4 is 11.7 Å². The van der Waals surface area contributed by atoms with E-state index in [1.807, 2.05) is 0 Å². The molecule has 0 fully saturated rings. The third-order valence-electron chi connectivity index (χ3n) is 2.34. The molecule has 0 saturated heterocycles. The molecule has 0 amide bonds. The number of non-ortho nitro benzene ring substituents is 1. The topological polar surface area (TPSA) is 129 Å². The lowest BCUT2D eigenvalue weighted by Crippen LogP contribution is -1.95. The summed E-state index contributed by atoms with van der Waals surface area (Å²) < 4.78 is 13.3. The van der Waals surface area contributed by atoms with E-state index in [4.69, 9.17) is 5.11 Å². The number of carbonyl (C=O) groups is 1. The van der Waals surface area contributed by atoms with Crippen LogP contribution in [0.5, 0.6) is 5.75 Å². The molecule has 0 radical (unpaired) electrons. The molecule has 0 aliphatic heterocycles. The van der Waals surface area contributed by atoms with Crippen LogP contribution in [-0.4, -0.2) is 31.3 Å². The van der Waals surface area contributed by atoms with E-state index in [9.17, 15) is 24.4 Å². The lowest BCUT2D eigenvalue weighted by atomic mass is 10.1. The molecule has 3 N–H and O–H groups in total. The van der Waals surface area contributed by atoms with Crippen molar-refractivity contribution in [2.75, 3.05) is 0 Å². The molecule has 0 bridgehead atoms. The molecular formula is C10H6FN3O5. The number of hydrogen-bond donors (Lipinski definition) is 3. The summed E-state index contributed by atoms with van der Waals surface area (Å²) in [5.74, 6) is -3.33. The standard InChI is InChI=1S/C10H6FN3O5/c11-6-2-4(14(18)19)1-5(9(6)15)7-3-8(10(16)17)13-12-7/h1-3,15H,(H,12,13)(H,16,17). The fourth-order valence-electron chi connectivity index (χ4n) is 1.45. The van der Waals surface area contributed by atoms with Crippen LogP contribution in [0.4, 0.5) is 10.1 Å². The number of phenols is 1. The number of carboxylic acid groups (broad SMARTS) is 1. The number of aromatic carboxylic acids is 1. The Hall–Kier alpha value is -2.97. The number of aromatic amines is 1. The number of hydrogen-bond acceptors (Lipinski definition) is 5. The van der Waals surface area contributed by atoms with Crippen LogP contribution in [0.15, 0.2) is 18.2 Å². The number of H-pyrrole nitrogens is 1. The third-order valence-corrected chi connectivity index (χ3v) is 2.34. The third kappa shape index (κ3) is 2.20. The van der Waals surface area contributed by atoms with Gasteiger partial charge in [0.25, 0.3) is 5.69 Å². The van der Waals surface area contributed by atoms with E-state index < -0.39 is 28.1 Å². The van der Waals surface area contributed by atoms with Crippen LogP contribution in [0.25, 0.3) is 11.3 Å². The number of phenolic OH excluding ortho intramolecular Hbond substituents is 1. The Morgan fingerprint density at radius 1 is 1.42 bits per heavy atom. The summed E-state index contributed by atoms with van der Waals surface area (Å²) in [5.41, 5.74) is -1.25. The Kier molecular flexibility index (Phi) is 2.87. The smallest absolute Gasteiger partial charge is 0.353 e. The van der Waals surface area contributed by atoms with Crippen molar-refractivity contribution in [1.82, 2.24) is 10.2 Å². The number of carboxylic acids is 1. The van der Waals surface area contributed by atoms with E-state index >= 15 is 0 Å². The maximum atomic E-state index is 13.3. The van der Waals surface area contributed by atoms with Crippen LogP contribution in [0.3, 0.4) is 0 Å². The first-order valence-electron chi connectivity index (χ1n) is 4.86. The van der Waals surface area contributed by atoms with Gasteiger partial charge in [0, 0.05) is 6.07 Å². The molecule has 0 saturated carbocycles. The van der Waals surface area contributed by atoms with E-state index in [1.165, 1.54) is 0 Å². The molecule has 1 heterocycles. The zero-order valence-electron chi connectivity index (χ0n) is 9.12. The number of nitro benzene ring substituents is 1. The highest BCUT2D eigenvalue weighted by molar-refractivity contribution is 5.87. The SMILES string of the molecule is O=C(O)c1cc(-c2cc([N+](=O)[O-])cc(F)c2O)n[nH]1. The highest BCUT2D eigenvalue weighted by atomic mass is 19.1. The van der Waals surface area contributed by atoms with Crippen molar-refractivity contribution in [3.8, 4) is 17.0 Å². The van der Waals surface area contributed by atoms with Crippen molar-refractivity contribution in [3.63, 3.8) is 0 Å². The number of benzene rings is 1. The molecule has 0 aliphatic carbocycles. The minimum atomic E-state index is -1.30. The Morgan fingerprint density at radius 3 is 2.63 bits per heavy atom. The molecule has 1 aromatic carbocycles. The van der Waals surface area contributed by atoms with Gasteiger partial charge in [0.1, 0.15) is 5.69 Å². The van der Waals surface area contributed by atoms with Crippen molar-refractivity contribution in [1.29, 1.82) is 0 Å². The predicted octanol–water partition coefficient (Wildman–Crippen LogP) is 1.53. The Labute approximate surface area is 104 Å². The van der Waals surface area contributed by atoms with Crippen molar-refractivity contribution in [2.45, 2.75) is 0 Å². The largest absolute Gasteiger partial charge is 0.504 e. The average Bonchev–Trinajstić information content (AvgIpc) is 2.81. The quantitative estimate of drug-likeness (QED) is 0.571. The average molecular weight is 267 g/mol. The van der Waals surface area contributed by atoms with Crippen LogP contribution in [-0.2, 0) is 0 Å². The van der Waals surface area contributed by atoms with Gasteiger partial charge in [-0.3, -0.25) is 15.2 Å². The number of nitrogens with one attached hydrogen (secondary N) is 1. The molecule has 1 aromatic heterocycles. The van der Waals surface area contributed by atoms with Gasteiger partial charge < -0.3 is 10.2 Å². The predicted molar refractivity (Wildman–Crippen MR) is 59.3 cm³/mol. The molecule has 2 aromatic rings. The van der Waals surface area contributed by atoms with Gasteiger partial charge in [0.05, 0.1) is 22.2 Å². The number of rotatable bonds is 3. The first-order valence-corrected chi connectivity index (χ1v) is 4.86. The second kappa shape index (κ2) is 4.37. The first kappa shape index (κ1) is 12.5. The molecule has 98 valence electrons. The van der Waals surface area contributed by atoms with E-state index in [1.54, 1.807) is 0 Å². The van der Waals surface area contributed by atoms with E-state index in [0.29, 0.717) is 6.07 Å². The molecule has 0 atom stereocenters. The molecule has 0 aliphatic rings. The highest BCUT2D eigenvalue weighted by Gasteiger charge is 2.20. The second-order valence-electron chi connectivity index (χ2n) is 3.55. The summed E-state index contributed by atoms with van der Waals surface area (Å²) in [7, 11) is 0. The Morgan fingerprint density at radius 2 is 2.11 bits per heavy atom. The maximum Gasteiger partial charge on any atom is 0.353 e. The van der Waals surface area contributed by atoms with Crippen LogP contribution in [0, 0.1) is 15.9 Å². The molecule has 2 rings (SSSR count).